The molecule has 0 aliphatic rings. The maximum Gasteiger partial charge on any atom is 0.372 e. The number of aromatic carboxylic acids is 1. The van der Waals surface area contributed by atoms with Crippen molar-refractivity contribution in [1.82, 2.24) is 9.55 Å². The summed E-state index contributed by atoms with van der Waals surface area (Å²) in [4.78, 5) is 26.8. The first-order chi connectivity index (χ1) is 8.50. The van der Waals surface area contributed by atoms with Gasteiger partial charge in [-0.05, 0) is 28.9 Å². The summed E-state index contributed by atoms with van der Waals surface area (Å²) in [6, 6.07) is 1.52. The number of aromatic nitrogens is 2. The molecule has 0 saturated carbocycles. The zero-order chi connectivity index (χ0) is 13.3. The van der Waals surface area contributed by atoms with E-state index in [9.17, 15) is 9.59 Å². The van der Waals surface area contributed by atoms with Gasteiger partial charge in [-0.2, -0.15) is 0 Å². The predicted octanol–water partition coefficient (Wildman–Crippen LogP) is 1.65. The van der Waals surface area contributed by atoms with E-state index < -0.39 is 5.97 Å². The molecule has 0 bridgehead atoms. The molecule has 0 unspecified atom stereocenters. The average molecular weight is 313 g/mol. The van der Waals surface area contributed by atoms with Crippen LogP contribution in [0.3, 0.4) is 0 Å². The van der Waals surface area contributed by atoms with E-state index in [1.165, 1.54) is 23.2 Å². The fraction of sp³-hybridized carbons (Fsp3) is 0.182. The van der Waals surface area contributed by atoms with Gasteiger partial charge in [0.2, 0.25) is 5.76 Å². The van der Waals surface area contributed by atoms with E-state index in [1.807, 2.05) is 0 Å². The largest absolute Gasteiger partial charge is 0.475 e. The molecule has 7 heteroatoms. The van der Waals surface area contributed by atoms with Gasteiger partial charge >= 0.3 is 5.97 Å². The molecule has 1 N–H and O–H groups in total. The molecule has 0 radical (unpaired) electrons. The number of carbonyl (C=O) groups is 1. The molecular weight excluding hydrogens is 304 g/mol. The fourth-order valence-electron chi connectivity index (χ4n) is 1.49. The van der Waals surface area contributed by atoms with Crippen LogP contribution in [0.15, 0.2) is 32.3 Å². The van der Waals surface area contributed by atoms with Gasteiger partial charge in [-0.15, -0.1) is 0 Å². The summed E-state index contributed by atoms with van der Waals surface area (Å²) in [5.41, 5.74) is 0.740. The molecule has 2 aromatic heterocycles. The zero-order valence-electron chi connectivity index (χ0n) is 9.38. The summed E-state index contributed by atoms with van der Waals surface area (Å²) in [7, 11) is 0. The van der Waals surface area contributed by atoms with Crippen molar-refractivity contribution in [1.29, 1.82) is 0 Å². The lowest BCUT2D eigenvalue weighted by molar-refractivity contribution is 0.0660. The van der Waals surface area contributed by atoms with Gasteiger partial charge in [0.05, 0.1) is 24.8 Å². The Morgan fingerprint density at radius 2 is 2.33 bits per heavy atom. The van der Waals surface area contributed by atoms with Crippen LogP contribution in [0.5, 0.6) is 0 Å². The second-order valence-electron chi connectivity index (χ2n) is 3.66. The summed E-state index contributed by atoms with van der Waals surface area (Å²) < 4.78 is 6.53. The Morgan fingerprint density at radius 1 is 1.61 bits per heavy atom. The average Bonchev–Trinajstić information content (AvgIpc) is 2.78. The minimum atomic E-state index is -1.16. The summed E-state index contributed by atoms with van der Waals surface area (Å²) in [5.74, 6) is -1.33. The Bertz CT molecular complexity index is 659. The molecule has 6 nitrogen and oxygen atoms in total. The highest BCUT2D eigenvalue weighted by molar-refractivity contribution is 9.10. The van der Waals surface area contributed by atoms with Crippen molar-refractivity contribution in [2.45, 2.75) is 13.5 Å². The van der Waals surface area contributed by atoms with E-state index in [0.29, 0.717) is 15.7 Å². The van der Waals surface area contributed by atoms with Gasteiger partial charge < -0.3 is 9.52 Å². The first kappa shape index (κ1) is 12.6. The van der Waals surface area contributed by atoms with Crippen molar-refractivity contribution < 1.29 is 14.3 Å². The molecule has 0 aliphatic carbocycles. The third-order valence-electron chi connectivity index (χ3n) is 2.44. The van der Waals surface area contributed by atoms with Gasteiger partial charge in [0.25, 0.3) is 5.56 Å². The normalized spacial score (nSPS) is 10.6. The SMILES string of the molecule is Cc1ncn(Cc2ccoc2C(=O)O)c(=O)c1Br. The number of carboxylic acid groups (broad SMARTS) is 1. The molecule has 0 saturated heterocycles. The van der Waals surface area contributed by atoms with Crippen LogP contribution in [0.1, 0.15) is 21.8 Å². The third-order valence-corrected chi connectivity index (χ3v) is 3.35. The molecule has 0 fully saturated rings. The molecule has 2 aromatic rings. The van der Waals surface area contributed by atoms with Crippen LogP contribution in [0.25, 0.3) is 0 Å². The van der Waals surface area contributed by atoms with Crippen molar-refractivity contribution in [2.75, 3.05) is 0 Å². The Morgan fingerprint density at radius 3 is 3.00 bits per heavy atom. The lowest BCUT2D eigenvalue weighted by Crippen LogP contribution is -2.23. The zero-order valence-corrected chi connectivity index (χ0v) is 11.0. The highest BCUT2D eigenvalue weighted by Gasteiger charge is 2.15. The lowest BCUT2D eigenvalue weighted by Gasteiger charge is -2.05. The van der Waals surface area contributed by atoms with E-state index in [1.54, 1.807) is 6.92 Å². The number of aryl methyl sites for hydroxylation is 1. The van der Waals surface area contributed by atoms with Crippen LogP contribution in [-0.4, -0.2) is 20.6 Å². The number of halogens is 1. The summed E-state index contributed by atoms with van der Waals surface area (Å²) in [5, 5.41) is 8.89. The summed E-state index contributed by atoms with van der Waals surface area (Å²) >= 11 is 3.15. The third kappa shape index (κ3) is 2.21. The van der Waals surface area contributed by atoms with Crippen molar-refractivity contribution in [2.24, 2.45) is 0 Å². The van der Waals surface area contributed by atoms with Crippen LogP contribution in [0.4, 0.5) is 0 Å². The van der Waals surface area contributed by atoms with Crippen LogP contribution in [-0.2, 0) is 6.54 Å². The maximum atomic E-state index is 11.9. The molecular formula is C11H9BrN2O4. The molecule has 94 valence electrons. The Kier molecular flexibility index (Phi) is 3.33. The minimum absolute atomic E-state index is 0.100. The van der Waals surface area contributed by atoms with Crippen LogP contribution >= 0.6 is 15.9 Å². The highest BCUT2D eigenvalue weighted by Crippen LogP contribution is 2.12. The minimum Gasteiger partial charge on any atom is -0.475 e. The van der Waals surface area contributed by atoms with Crippen LogP contribution in [0.2, 0.25) is 0 Å². The van der Waals surface area contributed by atoms with Gasteiger partial charge in [-0.3, -0.25) is 9.36 Å². The molecule has 0 spiro atoms. The van der Waals surface area contributed by atoms with Crippen LogP contribution < -0.4 is 5.56 Å². The molecule has 0 amide bonds. The predicted molar refractivity (Wildman–Crippen MR) is 65.7 cm³/mol. The molecule has 2 rings (SSSR count). The van der Waals surface area contributed by atoms with Gasteiger partial charge in [0, 0.05) is 5.56 Å². The second-order valence-corrected chi connectivity index (χ2v) is 4.45. The van der Waals surface area contributed by atoms with Crippen molar-refractivity contribution in [3.8, 4) is 0 Å². The Balaban J connectivity index is 2.41. The monoisotopic (exact) mass is 312 g/mol. The van der Waals surface area contributed by atoms with Gasteiger partial charge in [0.1, 0.15) is 4.47 Å². The van der Waals surface area contributed by atoms with Crippen molar-refractivity contribution in [3.63, 3.8) is 0 Å². The summed E-state index contributed by atoms with van der Waals surface area (Å²) in [6.07, 6.45) is 2.65. The number of rotatable bonds is 3. The van der Waals surface area contributed by atoms with E-state index in [-0.39, 0.29) is 17.9 Å². The van der Waals surface area contributed by atoms with Gasteiger partial charge in [-0.1, -0.05) is 0 Å². The number of carboxylic acids is 1. The summed E-state index contributed by atoms with van der Waals surface area (Å²) in [6.45, 7) is 1.80. The molecule has 2 heterocycles. The molecule has 0 aromatic carbocycles. The molecule has 0 aliphatic heterocycles. The van der Waals surface area contributed by atoms with E-state index >= 15 is 0 Å². The number of furan rings is 1. The first-order valence-electron chi connectivity index (χ1n) is 5.02. The maximum absolute atomic E-state index is 11.9. The van der Waals surface area contributed by atoms with Gasteiger partial charge in [0.15, 0.2) is 0 Å². The van der Waals surface area contributed by atoms with E-state index in [4.69, 9.17) is 9.52 Å². The number of hydrogen-bond acceptors (Lipinski definition) is 4. The Labute approximate surface area is 110 Å². The lowest BCUT2D eigenvalue weighted by atomic mass is 10.2. The van der Waals surface area contributed by atoms with E-state index in [0.717, 1.165) is 0 Å². The van der Waals surface area contributed by atoms with Gasteiger partial charge in [-0.25, -0.2) is 9.78 Å². The second kappa shape index (κ2) is 4.77. The standard InChI is InChI=1S/C11H9BrN2O4/c1-6-8(12)10(15)14(5-13-6)4-7-2-3-18-9(7)11(16)17/h2-3,5H,4H2,1H3,(H,16,17). The smallest absolute Gasteiger partial charge is 0.372 e. The van der Waals surface area contributed by atoms with Crippen molar-refractivity contribution >= 4 is 21.9 Å². The topological polar surface area (TPSA) is 85.3 Å². The quantitative estimate of drug-likeness (QED) is 0.931. The number of hydrogen-bond donors (Lipinski definition) is 1. The fourth-order valence-corrected chi connectivity index (χ4v) is 1.82. The Hall–Kier alpha value is -1.89. The van der Waals surface area contributed by atoms with E-state index in [2.05, 4.69) is 20.9 Å². The highest BCUT2D eigenvalue weighted by atomic mass is 79.9. The molecule has 18 heavy (non-hydrogen) atoms. The van der Waals surface area contributed by atoms with Crippen molar-refractivity contribution in [3.05, 3.63) is 50.5 Å². The number of nitrogens with zero attached hydrogens (tertiary/aromatic N) is 2. The first-order valence-corrected chi connectivity index (χ1v) is 5.81. The van der Waals surface area contributed by atoms with Crippen LogP contribution in [0, 0.1) is 6.92 Å². The molecule has 0 atom stereocenters.